The molecule has 0 radical (unpaired) electrons. The number of benzene rings is 1. The fourth-order valence-electron chi connectivity index (χ4n) is 2.52. The maximum absolute atomic E-state index is 13.1. The third-order valence-electron chi connectivity index (χ3n) is 4.00. The summed E-state index contributed by atoms with van der Waals surface area (Å²) in [6.07, 6.45) is -3.71. The molecule has 1 aromatic carbocycles. The van der Waals surface area contributed by atoms with Gasteiger partial charge in [0, 0.05) is 0 Å². The molecular weight excluding hydrogens is 416 g/mol. The van der Waals surface area contributed by atoms with E-state index in [4.69, 9.17) is 0 Å². The van der Waals surface area contributed by atoms with E-state index in [9.17, 15) is 35.9 Å². The van der Waals surface area contributed by atoms with Crippen LogP contribution in [0.3, 0.4) is 0 Å². The van der Waals surface area contributed by atoms with E-state index in [1.165, 1.54) is 6.92 Å². The van der Waals surface area contributed by atoms with Crippen molar-refractivity contribution in [3.05, 3.63) is 53.6 Å². The highest BCUT2D eigenvalue weighted by atomic mass is 32.2. The normalized spacial score (nSPS) is 14.3. The van der Waals surface area contributed by atoms with Gasteiger partial charge in [0.1, 0.15) is 5.82 Å². The highest BCUT2D eigenvalue weighted by Crippen LogP contribution is 2.33. The van der Waals surface area contributed by atoms with E-state index in [2.05, 4.69) is 10.3 Å². The summed E-state index contributed by atoms with van der Waals surface area (Å²) in [6, 6.07) is 4.42. The van der Waals surface area contributed by atoms with Crippen molar-refractivity contribution >= 4 is 21.4 Å². The average Bonchev–Trinajstić information content (AvgIpc) is 2.60. The Morgan fingerprint density at radius 3 is 2.31 bits per heavy atom. The Hall–Kier alpha value is -2.53. The number of hydrogen-bond acceptors (Lipinski definition) is 5. The van der Waals surface area contributed by atoms with Gasteiger partial charge >= 0.3 is 6.18 Å². The second-order valence-electron chi connectivity index (χ2n) is 6.51. The van der Waals surface area contributed by atoms with Crippen LogP contribution in [0.2, 0.25) is 0 Å². The van der Waals surface area contributed by atoms with E-state index in [1.807, 2.05) is 0 Å². The summed E-state index contributed by atoms with van der Waals surface area (Å²) in [5.41, 5.74) is -4.09. The van der Waals surface area contributed by atoms with Crippen LogP contribution in [-0.2, 0) is 27.2 Å². The monoisotopic (exact) mass is 434 g/mol. The van der Waals surface area contributed by atoms with Crippen LogP contribution in [0, 0.1) is 5.82 Å². The van der Waals surface area contributed by atoms with Crippen molar-refractivity contribution in [2.75, 3.05) is 11.1 Å². The maximum atomic E-state index is 13.1. The van der Waals surface area contributed by atoms with Crippen LogP contribution < -0.4 is 5.32 Å². The Morgan fingerprint density at radius 2 is 1.79 bits per heavy atom. The third-order valence-corrected chi connectivity index (χ3v) is 5.93. The summed E-state index contributed by atoms with van der Waals surface area (Å²) >= 11 is 0. The van der Waals surface area contributed by atoms with E-state index < -0.39 is 44.7 Å². The van der Waals surface area contributed by atoms with Crippen molar-refractivity contribution in [2.45, 2.75) is 36.9 Å². The number of alkyl halides is 3. The van der Waals surface area contributed by atoms with Crippen molar-refractivity contribution in [1.29, 1.82) is 0 Å². The molecule has 0 aliphatic heterocycles. The van der Waals surface area contributed by atoms with Crippen molar-refractivity contribution in [1.82, 2.24) is 4.98 Å². The highest BCUT2D eigenvalue weighted by Gasteiger charge is 2.38. The lowest BCUT2D eigenvalue weighted by Crippen LogP contribution is -2.45. The molecule has 6 nitrogen and oxygen atoms in total. The van der Waals surface area contributed by atoms with Gasteiger partial charge < -0.3 is 10.4 Å². The number of aryl methyl sites for hydroxylation is 1. The van der Waals surface area contributed by atoms with E-state index in [-0.39, 0.29) is 22.7 Å². The highest BCUT2D eigenvalue weighted by molar-refractivity contribution is 7.91. The van der Waals surface area contributed by atoms with E-state index in [0.29, 0.717) is 6.07 Å². The molecule has 0 aliphatic carbocycles. The SMILES string of the molecule is CCc1ncc(NC(=O)C(C)(O)CS(=O)(=O)c2ccc(F)cc2)cc1C(F)(F)F. The molecule has 0 aliphatic rings. The molecule has 0 saturated carbocycles. The number of rotatable bonds is 6. The van der Waals surface area contributed by atoms with Crippen molar-refractivity contribution in [3.63, 3.8) is 0 Å². The van der Waals surface area contributed by atoms with Gasteiger partial charge in [-0.1, -0.05) is 6.92 Å². The van der Waals surface area contributed by atoms with Gasteiger partial charge in [-0.25, -0.2) is 12.8 Å². The van der Waals surface area contributed by atoms with E-state index in [0.717, 1.165) is 37.4 Å². The lowest BCUT2D eigenvalue weighted by Gasteiger charge is -2.22. The minimum Gasteiger partial charge on any atom is -0.379 e. The number of aromatic nitrogens is 1. The number of pyridine rings is 1. The number of aliphatic hydroxyl groups is 1. The Kier molecular flexibility index (Phi) is 6.33. The molecule has 1 heterocycles. The minimum atomic E-state index is -4.70. The zero-order chi connectivity index (χ0) is 22.0. The molecule has 0 bridgehead atoms. The Bertz CT molecular complexity index is 1000. The molecule has 29 heavy (non-hydrogen) atoms. The van der Waals surface area contributed by atoms with Crippen molar-refractivity contribution < 1.29 is 35.9 Å². The smallest absolute Gasteiger partial charge is 0.379 e. The number of carbonyl (C=O) groups is 1. The lowest BCUT2D eigenvalue weighted by molar-refractivity contribution is -0.138. The number of halogens is 4. The summed E-state index contributed by atoms with van der Waals surface area (Å²) in [6.45, 7) is 2.39. The van der Waals surface area contributed by atoms with Crippen LogP contribution in [0.4, 0.5) is 23.2 Å². The molecule has 1 aromatic heterocycles. The Morgan fingerprint density at radius 1 is 1.21 bits per heavy atom. The molecule has 2 aromatic rings. The fourth-order valence-corrected chi connectivity index (χ4v) is 4.10. The molecule has 2 N–H and O–H groups in total. The third kappa shape index (κ3) is 5.51. The number of nitrogens with zero attached hydrogens (tertiary/aromatic N) is 1. The van der Waals surface area contributed by atoms with Gasteiger partial charge in [0.2, 0.25) is 0 Å². The molecule has 0 spiro atoms. The standard InChI is InChI=1S/C18H18F4N2O4S/c1-3-15-14(18(20,21)22)8-12(9-23-15)24-16(25)17(2,26)10-29(27,28)13-6-4-11(19)5-7-13/h4-9,26H,3,10H2,1-2H3,(H,24,25). The first-order valence-corrected chi connectivity index (χ1v) is 10.00. The number of anilines is 1. The van der Waals surface area contributed by atoms with Gasteiger partial charge in [-0.05, 0) is 43.7 Å². The maximum Gasteiger partial charge on any atom is 0.418 e. The second kappa shape index (κ2) is 8.07. The van der Waals surface area contributed by atoms with Gasteiger partial charge in [-0.2, -0.15) is 13.2 Å². The molecular formula is C18H18F4N2O4S. The predicted octanol–water partition coefficient (Wildman–Crippen LogP) is 2.97. The Balaban J connectivity index is 2.24. The molecule has 11 heteroatoms. The van der Waals surface area contributed by atoms with Crippen LogP contribution >= 0.6 is 0 Å². The van der Waals surface area contributed by atoms with Gasteiger partial charge in [-0.15, -0.1) is 0 Å². The predicted molar refractivity (Wildman–Crippen MR) is 96.3 cm³/mol. The first-order valence-electron chi connectivity index (χ1n) is 8.34. The largest absolute Gasteiger partial charge is 0.418 e. The minimum absolute atomic E-state index is 0.0106. The number of amides is 1. The number of hydrogen-bond donors (Lipinski definition) is 2. The summed E-state index contributed by atoms with van der Waals surface area (Å²) in [7, 11) is -4.19. The molecule has 1 amide bonds. The molecule has 158 valence electrons. The molecule has 0 saturated heterocycles. The van der Waals surface area contributed by atoms with E-state index >= 15 is 0 Å². The number of sulfone groups is 1. The average molecular weight is 434 g/mol. The van der Waals surface area contributed by atoms with E-state index in [1.54, 1.807) is 0 Å². The first kappa shape index (κ1) is 22.8. The molecule has 1 atom stereocenters. The van der Waals surface area contributed by atoms with Crippen LogP contribution in [0.15, 0.2) is 41.4 Å². The Labute approximate surface area is 164 Å². The fraction of sp³-hybridized carbons (Fsp3) is 0.333. The topological polar surface area (TPSA) is 96.4 Å². The number of carbonyl (C=O) groups excluding carboxylic acids is 1. The van der Waals surface area contributed by atoms with Crippen LogP contribution in [0.25, 0.3) is 0 Å². The van der Waals surface area contributed by atoms with Crippen LogP contribution in [-0.4, -0.2) is 35.8 Å². The van der Waals surface area contributed by atoms with Crippen molar-refractivity contribution in [2.24, 2.45) is 0 Å². The quantitative estimate of drug-likeness (QED) is 0.538. The number of nitrogens with one attached hydrogen (secondary N) is 1. The summed E-state index contributed by atoms with van der Waals surface area (Å²) in [5.74, 6) is -2.97. The van der Waals surface area contributed by atoms with Gasteiger partial charge in [0.15, 0.2) is 15.4 Å². The molecule has 0 fully saturated rings. The van der Waals surface area contributed by atoms with Crippen LogP contribution in [0.1, 0.15) is 25.1 Å². The van der Waals surface area contributed by atoms with Crippen LogP contribution in [0.5, 0.6) is 0 Å². The summed E-state index contributed by atoms with van der Waals surface area (Å²) in [5, 5.41) is 12.4. The molecule has 1 unspecified atom stereocenters. The summed E-state index contributed by atoms with van der Waals surface area (Å²) < 4.78 is 77.0. The lowest BCUT2D eigenvalue weighted by atomic mass is 10.1. The molecule has 2 rings (SSSR count). The first-order chi connectivity index (χ1) is 13.3. The van der Waals surface area contributed by atoms with Gasteiger partial charge in [-0.3, -0.25) is 9.78 Å². The second-order valence-corrected chi connectivity index (χ2v) is 8.50. The van der Waals surface area contributed by atoms with Gasteiger partial charge in [0.05, 0.1) is 33.8 Å². The van der Waals surface area contributed by atoms with Gasteiger partial charge in [0.25, 0.3) is 5.91 Å². The summed E-state index contributed by atoms with van der Waals surface area (Å²) in [4.78, 5) is 15.7. The zero-order valence-corrected chi connectivity index (χ0v) is 16.2. The van der Waals surface area contributed by atoms with Crippen molar-refractivity contribution in [3.8, 4) is 0 Å². The zero-order valence-electron chi connectivity index (χ0n) is 15.4.